The van der Waals surface area contributed by atoms with Gasteiger partial charge in [0.25, 0.3) is 5.89 Å². The van der Waals surface area contributed by atoms with Crippen LogP contribution in [0.2, 0.25) is 0 Å². The van der Waals surface area contributed by atoms with Crippen molar-refractivity contribution in [3.63, 3.8) is 0 Å². The van der Waals surface area contributed by atoms with Crippen LogP contribution >= 0.6 is 0 Å². The first-order chi connectivity index (χ1) is 15.2. The van der Waals surface area contributed by atoms with E-state index in [2.05, 4.69) is 15.1 Å². The second kappa shape index (κ2) is 8.22. The number of methoxy groups -OCH3 is 1. The van der Waals surface area contributed by atoms with Crippen LogP contribution in [0.4, 0.5) is 0 Å². The van der Waals surface area contributed by atoms with E-state index in [0.29, 0.717) is 24.7 Å². The molecule has 8 nitrogen and oxygen atoms in total. The van der Waals surface area contributed by atoms with Gasteiger partial charge in [-0.1, -0.05) is 5.16 Å². The van der Waals surface area contributed by atoms with Gasteiger partial charge in [0.1, 0.15) is 5.75 Å². The summed E-state index contributed by atoms with van der Waals surface area (Å²) >= 11 is 0. The third-order valence-corrected chi connectivity index (χ3v) is 5.67. The lowest BCUT2D eigenvalue weighted by Crippen LogP contribution is -2.28. The number of benzene rings is 2. The molecule has 0 aliphatic carbocycles. The molecule has 1 amide bonds. The zero-order valence-corrected chi connectivity index (χ0v) is 17.3. The van der Waals surface area contributed by atoms with E-state index < -0.39 is 0 Å². The summed E-state index contributed by atoms with van der Waals surface area (Å²) in [7, 11) is 1.63. The van der Waals surface area contributed by atoms with Crippen molar-refractivity contribution in [2.75, 3.05) is 20.2 Å². The monoisotopic (exact) mass is 417 g/mol. The third-order valence-electron chi connectivity index (χ3n) is 5.67. The Labute approximate surface area is 179 Å². The molecule has 0 unspecified atom stereocenters. The standard InChI is InChI=1S/C23H23N5O3/c1-30-18-7-4-16(5-8-18)23-25-22(26-31-23)17-6-9-20-19(14-17)24-15-28(20)13-10-21(29)27-11-2-3-12-27/h4-9,14-15H,2-3,10-13H2,1H3. The molecule has 2 aromatic carbocycles. The summed E-state index contributed by atoms with van der Waals surface area (Å²) in [5, 5.41) is 4.12. The number of nitrogens with zero attached hydrogens (tertiary/aromatic N) is 5. The topological polar surface area (TPSA) is 86.3 Å². The highest BCUT2D eigenvalue weighted by molar-refractivity contribution is 5.81. The lowest BCUT2D eigenvalue weighted by atomic mass is 10.2. The molecular formula is C23H23N5O3. The van der Waals surface area contributed by atoms with Gasteiger partial charge in [-0.05, 0) is 55.3 Å². The van der Waals surface area contributed by atoms with E-state index in [0.717, 1.165) is 53.8 Å². The van der Waals surface area contributed by atoms with Crippen LogP contribution in [0.15, 0.2) is 53.3 Å². The molecule has 1 aliphatic heterocycles. The summed E-state index contributed by atoms with van der Waals surface area (Å²) in [6.45, 7) is 2.39. The van der Waals surface area contributed by atoms with Gasteiger partial charge in [-0.2, -0.15) is 4.98 Å². The summed E-state index contributed by atoms with van der Waals surface area (Å²) in [6, 6.07) is 13.3. The average molecular weight is 417 g/mol. The zero-order valence-electron chi connectivity index (χ0n) is 17.3. The fourth-order valence-electron chi connectivity index (χ4n) is 3.91. The molecule has 4 aromatic rings. The average Bonchev–Trinajstić information content (AvgIpc) is 3.58. The summed E-state index contributed by atoms with van der Waals surface area (Å²) in [5.41, 5.74) is 3.47. The maximum absolute atomic E-state index is 12.3. The second-order valence-corrected chi connectivity index (χ2v) is 7.63. The number of imidazole rings is 1. The highest BCUT2D eigenvalue weighted by atomic mass is 16.5. The molecule has 8 heteroatoms. The van der Waals surface area contributed by atoms with E-state index >= 15 is 0 Å². The first-order valence-corrected chi connectivity index (χ1v) is 10.4. The first kappa shape index (κ1) is 19.3. The van der Waals surface area contributed by atoms with Gasteiger partial charge >= 0.3 is 0 Å². The number of fused-ring (bicyclic) bond motifs is 1. The molecule has 0 radical (unpaired) electrons. The maximum Gasteiger partial charge on any atom is 0.258 e. The Morgan fingerprint density at radius 1 is 1.10 bits per heavy atom. The van der Waals surface area contributed by atoms with E-state index in [1.165, 1.54) is 0 Å². The van der Waals surface area contributed by atoms with Crippen molar-refractivity contribution < 1.29 is 14.1 Å². The van der Waals surface area contributed by atoms with E-state index in [1.807, 2.05) is 51.9 Å². The molecule has 5 rings (SSSR count). The van der Waals surface area contributed by atoms with Gasteiger partial charge in [-0.25, -0.2) is 4.98 Å². The molecular weight excluding hydrogens is 394 g/mol. The van der Waals surface area contributed by atoms with Gasteiger partial charge in [0, 0.05) is 37.2 Å². The largest absolute Gasteiger partial charge is 0.497 e. The van der Waals surface area contributed by atoms with Crippen molar-refractivity contribution in [1.29, 1.82) is 0 Å². The Bertz CT molecular complexity index is 1210. The van der Waals surface area contributed by atoms with Gasteiger partial charge in [-0.15, -0.1) is 0 Å². The number of amides is 1. The van der Waals surface area contributed by atoms with Crippen LogP contribution in [-0.2, 0) is 11.3 Å². The SMILES string of the molecule is COc1ccc(-c2nc(-c3ccc4c(c3)ncn4CCC(=O)N3CCCC3)no2)cc1. The number of likely N-dealkylation sites (tertiary alicyclic amines) is 1. The molecule has 0 saturated carbocycles. The van der Waals surface area contributed by atoms with Crippen molar-refractivity contribution in [2.24, 2.45) is 0 Å². The van der Waals surface area contributed by atoms with Crippen molar-refractivity contribution >= 4 is 16.9 Å². The summed E-state index contributed by atoms with van der Waals surface area (Å²) < 4.78 is 12.6. The maximum atomic E-state index is 12.3. The molecule has 1 saturated heterocycles. The third kappa shape index (κ3) is 3.88. The van der Waals surface area contributed by atoms with Crippen LogP contribution < -0.4 is 4.74 Å². The fourth-order valence-corrected chi connectivity index (χ4v) is 3.91. The molecule has 0 spiro atoms. The van der Waals surface area contributed by atoms with E-state index in [1.54, 1.807) is 13.4 Å². The number of hydrogen-bond donors (Lipinski definition) is 0. The van der Waals surface area contributed by atoms with Crippen molar-refractivity contribution in [1.82, 2.24) is 24.6 Å². The van der Waals surface area contributed by atoms with Gasteiger partial charge in [0.05, 0.1) is 24.5 Å². The highest BCUT2D eigenvalue weighted by Crippen LogP contribution is 2.26. The molecule has 0 bridgehead atoms. The fraction of sp³-hybridized carbons (Fsp3) is 0.304. The predicted octanol–water partition coefficient (Wildman–Crippen LogP) is 3.77. The molecule has 158 valence electrons. The van der Waals surface area contributed by atoms with Crippen molar-refractivity contribution in [3.8, 4) is 28.6 Å². The van der Waals surface area contributed by atoms with Crippen molar-refractivity contribution in [3.05, 3.63) is 48.8 Å². The van der Waals surface area contributed by atoms with Gasteiger partial charge in [0.15, 0.2) is 0 Å². The Kier molecular flexibility index (Phi) is 5.11. The van der Waals surface area contributed by atoms with Crippen LogP contribution in [0.25, 0.3) is 33.9 Å². The number of aryl methyl sites for hydroxylation is 1. The number of carbonyl (C=O) groups is 1. The minimum atomic E-state index is 0.217. The summed E-state index contributed by atoms with van der Waals surface area (Å²) in [6.07, 6.45) is 4.49. The van der Waals surface area contributed by atoms with E-state index in [-0.39, 0.29) is 5.91 Å². The molecule has 0 atom stereocenters. The van der Waals surface area contributed by atoms with Crippen LogP contribution in [0.5, 0.6) is 5.75 Å². The van der Waals surface area contributed by atoms with E-state index in [9.17, 15) is 4.79 Å². The van der Waals surface area contributed by atoms with E-state index in [4.69, 9.17) is 9.26 Å². The molecule has 31 heavy (non-hydrogen) atoms. The normalized spacial score (nSPS) is 13.8. The molecule has 1 aliphatic rings. The predicted molar refractivity (Wildman–Crippen MR) is 115 cm³/mol. The number of rotatable bonds is 6. The number of hydrogen-bond acceptors (Lipinski definition) is 6. The Balaban J connectivity index is 1.32. The summed E-state index contributed by atoms with van der Waals surface area (Å²) in [5.74, 6) is 1.94. The van der Waals surface area contributed by atoms with Gasteiger partial charge in [-0.3, -0.25) is 4.79 Å². The summed E-state index contributed by atoms with van der Waals surface area (Å²) in [4.78, 5) is 23.3. The molecule has 1 fully saturated rings. The molecule has 0 N–H and O–H groups in total. The van der Waals surface area contributed by atoms with Crippen LogP contribution in [0, 0.1) is 0 Å². The Morgan fingerprint density at radius 2 is 1.87 bits per heavy atom. The Morgan fingerprint density at radius 3 is 2.65 bits per heavy atom. The lowest BCUT2D eigenvalue weighted by molar-refractivity contribution is -0.130. The number of carbonyl (C=O) groups excluding carboxylic acids is 1. The minimum Gasteiger partial charge on any atom is -0.497 e. The highest BCUT2D eigenvalue weighted by Gasteiger charge is 2.18. The van der Waals surface area contributed by atoms with Crippen LogP contribution in [0.1, 0.15) is 19.3 Å². The number of aromatic nitrogens is 4. The smallest absolute Gasteiger partial charge is 0.258 e. The quantitative estimate of drug-likeness (QED) is 0.475. The number of ether oxygens (including phenoxy) is 1. The first-order valence-electron chi connectivity index (χ1n) is 10.4. The lowest BCUT2D eigenvalue weighted by Gasteiger charge is -2.15. The van der Waals surface area contributed by atoms with Crippen molar-refractivity contribution in [2.45, 2.75) is 25.8 Å². The van der Waals surface area contributed by atoms with Gasteiger partial charge < -0.3 is 18.7 Å². The zero-order chi connectivity index (χ0) is 21.2. The van der Waals surface area contributed by atoms with Gasteiger partial charge in [0.2, 0.25) is 11.7 Å². The minimum absolute atomic E-state index is 0.217. The Hall–Kier alpha value is -3.68. The van der Waals surface area contributed by atoms with Crippen LogP contribution in [0.3, 0.4) is 0 Å². The second-order valence-electron chi connectivity index (χ2n) is 7.63. The molecule has 3 heterocycles. The van der Waals surface area contributed by atoms with Crippen LogP contribution in [-0.4, -0.2) is 50.7 Å². The molecule has 2 aromatic heterocycles.